The molecular weight excluding hydrogens is 234 g/mol. The summed E-state index contributed by atoms with van der Waals surface area (Å²) >= 11 is 5.62. The molecule has 0 aliphatic carbocycles. The topological polar surface area (TPSA) is 35.2 Å². The lowest BCUT2D eigenvalue weighted by Gasteiger charge is -2.15. The van der Waals surface area contributed by atoms with E-state index in [2.05, 4.69) is 6.07 Å². The lowest BCUT2D eigenvalue weighted by atomic mass is 10.0. The molecule has 1 atom stereocenters. The van der Waals surface area contributed by atoms with Crippen LogP contribution in [-0.4, -0.2) is 12.6 Å². The minimum absolute atomic E-state index is 0.129. The molecule has 17 heavy (non-hydrogen) atoms. The van der Waals surface area contributed by atoms with Gasteiger partial charge in [0.25, 0.3) is 0 Å². The predicted octanol–water partition coefficient (Wildman–Crippen LogP) is 3.41. The van der Waals surface area contributed by atoms with E-state index in [4.69, 9.17) is 22.1 Å². The summed E-state index contributed by atoms with van der Waals surface area (Å²) in [7, 11) is 0. The molecule has 3 heteroatoms. The maximum atomic E-state index is 5.84. The van der Waals surface area contributed by atoms with Crippen molar-refractivity contribution in [3.8, 4) is 5.75 Å². The quantitative estimate of drug-likeness (QED) is 0.873. The molecule has 0 fully saturated rings. The van der Waals surface area contributed by atoms with Gasteiger partial charge in [0.2, 0.25) is 0 Å². The van der Waals surface area contributed by atoms with Gasteiger partial charge in [-0.2, -0.15) is 0 Å². The number of halogens is 1. The van der Waals surface area contributed by atoms with Crippen molar-refractivity contribution >= 4 is 11.6 Å². The van der Waals surface area contributed by atoms with Gasteiger partial charge >= 0.3 is 0 Å². The van der Waals surface area contributed by atoms with Crippen molar-refractivity contribution in [3.63, 3.8) is 0 Å². The van der Waals surface area contributed by atoms with Gasteiger partial charge in [-0.15, -0.1) is 0 Å². The second-order valence-electron chi connectivity index (χ2n) is 4.49. The Morgan fingerprint density at radius 1 is 1.53 bits per heavy atom. The Hall–Kier alpha value is -0.990. The first-order chi connectivity index (χ1) is 8.04. The SMILES string of the molecule is C/C(=C\Cl)COc1c(C)cccc1CC(C)N. The van der Waals surface area contributed by atoms with E-state index in [9.17, 15) is 0 Å². The first-order valence-corrected chi connectivity index (χ1v) is 6.21. The summed E-state index contributed by atoms with van der Waals surface area (Å²) in [6, 6.07) is 6.26. The van der Waals surface area contributed by atoms with Gasteiger partial charge < -0.3 is 10.5 Å². The Morgan fingerprint density at radius 2 is 2.24 bits per heavy atom. The van der Waals surface area contributed by atoms with Crippen molar-refractivity contribution in [3.05, 3.63) is 40.4 Å². The van der Waals surface area contributed by atoms with E-state index in [1.807, 2.05) is 32.9 Å². The summed E-state index contributed by atoms with van der Waals surface area (Å²) in [4.78, 5) is 0. The van der Waals surface area contributed by atoms with Crippen LogP contribution in [-0.2, 0) is 6.42 Å². The number of hydrogen-bond donors (Lipinski definition) is 1. The van der Waals surface area contributed by atoms with Crippen LogP contribution in [0.2, 0.25) is 0 Å². The third kappa shape index (κ3) is 4.41. The number of hydrogen-bond acceptors (Lipinski definition) is 2. The molecule has 1 aromatic rings. The molecule has 94 valence electrons. The molecule has 2 nitrogen and oxygen atoms in total. The second-order valence-corrected chi connectivity index (χ2v) is 4.71. The van der Waals surface area contributed by atoms with E-state index in [0.29, 0.717) is 6.61 Å². The fourth-order valence-electron chi connectivity index (χ4n) is 1.64. The van der Waals surface area contributed by atoms with Gasteiger partial charge in [-0.3, -0.25) is 0 Å². The average Bonchev–Trinajstić information content (AvgIpc) is 2.27. The number of ether oxygens (including phenoxy) is 1. The van der Waals surface area contributed by atoms with Gasteiger partial charge in [-0.1, -0.05) is 29.8 Å². The monoisotopic (exact) mass is 253 g/mol. The first-order valence-electron chi connectivity index (χ1n) is 5.77. The summed E-state index contributed by atoms with van der Waals surface area (Å²) in [5.41, 5.74) is 10.7. The Balaban J connectivity index is 2.87. The smallest absolute Gasteiger partial charge is 0.125 e. The maximum Gasteiger partial charge on any atom is 0.125 e. The molecule has 2 N–H and O–H groups in total. The van der Waals surface area contributed by atoms with Crippen molar-refractivity contribution in [1.82, 2.24) is 0 Å². The summed E-state index contributed by atoms with van der Waals surface area (Å²) in [5.74, 6) is 0.933. The number of benzene rings is 1. The summed E-state index contributed by atoms with van der Waals surface area (Å²) < 4.78 is 5.81. The Bertz CT molecular complexity index is 399. The second kappa shape index (κ2) is 6.67. The normalized spacial score (nSPS) is 13.6. The molecule has 0 bridgehead atoms. The molecule has 1 unspecified atom stereocenters. The van der Waals surface area contributed by atoms with E-state index in [-0.39, 0.29) is 6.04 Å². The van der Waals surface area contributed by atoms with Gasteiger partial charge in [-0.25, -0.2) is 0 Å². The molecule has 0 saturated heterocycles. The molecule has 0 spiro atoms. The van der Waals surface area contributed by atoms with E-state index in [0.717, 1.165) is 28.9 Å². The molecular formula is C14H20ClNO. The molecule has 0 aliphatic heterocycles. The number of rotatable bonds is 5. The Kier molecular flexibility index (Phi) is 5.52. The van der Waals surface area contributed by atoms with E-state index in [1.165, 1.54) is 0 Å². The molecule has 0 saturated carbocycles. The van der Waals surface area contributed by atoms with Crippen molar-refractivity contribution in [1.29, 1.82) is 0 Å². The van der Waals surface area contributed by atoms with Gasteiger partial charge in [-0.05, 0) is 43.9 Å². The standard InChI is InChI=1S/C14H20ClNO/c1-10(8-15)9-17-14-11(2)5-4-6-13(14)7-12(3)16/h4-6,8,12H,7,9,16H2,1-3H3/b10-8+. The zero-order valence-corrected chi connectivity index (χ0v) is 11.4. The third-order valence-electron chi connectivity index (χ3n) is 2.47. The fourth-order valence-corrected chi connectivity index (χ4v) is 1.71. The van der Waals surface area contributed by atoms with E-state index < -0.39 is 0 Å². The van der Waals surface area contributed by atoms with E-state index in [1.54, 1.807) is 5.54 Å². The highest BCUT2D eigenvalue weighted by Crippen LogP contribution is 2.25. The molecule has 0 amide bonds. The molecule has 0 aliphatic rings. The zero-order chi connectivity index (χ0) is 12.8. The van der Waals surface area contributed by atoms with Crippen LogP contribution in [0.4, 0.5) is 0 Å². The average molecular weight is 254 g/mol. The Morgan fingerprint density at radius 3 is 2.82 bits per heavy atom. The van der Waals surface area contributed by atoms with E-state index >= 15 is 0 Å². The van der Waals surface area contributed by atoms with Crippen LogP contribution in [0.5, 0.6) is 5.75 Å². The molecule has 0 heterocycles. The fraction of sp³-hybridized carbons (Fsp3) is 0.429. The molecule has 0 aromatic heterocycles. The molecule has 0 radical (unpaired) electrons. The highest BCUT2D eigenvalue weighted by Gasteiger charge is 2.08. The van der Waals surface area contributed by atoms with Crippen LogP contribution in [0.25, 0.3) is 0 Å². The van der Waals surface area contributed by atoms with Gasteiger partial charge in [0.15, 0.2) is 0 Å². The van der Waals surface area contributed by atoms with Crippen LogP contribution in [0, 0.1) is 6.92 Å². The lowest BCUT2D eigenvalue weighted by molar-refractivity contribution is 0.345. The van der Waals surface area contributed by atoms with Crippen LogP contribution in [0.1, 0.15) is 25.0 Å². The van der Waals surface area contributed by atoms with Gasteiger partial charge in [0.05, 0.1) is 0 Å². The summed E-state index contributed by atoms with van der Waals surface area (Å²) in [6.45, 7) is 6.49. The minimum atomic E-state index is 0.129. The van der Waals surface area contributed by atoms with Crippen molar-refractivity contribution in [2.45, 2.75) is 33.2 Å². The maximum absolute atomic E-state index is 5.84. The van der Waals surface area contributed by atoms with Gasteiger partial charge in [0.1, 0.15) is 12.4 Å². The number of para-hydroxylation sites is 1. The van der Waals surface area contributed by atoms with Crippen molar-refractivity contribution in [2.75, 3.05) is 6.61 Å². The zero-order valence-electron chi connectivity index (χ0n) is 10.7. The summed E-state index contributed by atoms with van der Waals surface area (Å²) in [6.07, 6.45) is 0.820. The summed E-state index contributed by atoms with van der Waals surface area (Å²) in [5, 5.41) is 0. The number of aryl methyl sites for hydroxylation is 1. The first kappa shape index (κ1) is 14.1. The molecule has 1 aromatic carbocycles. The van der Waals surface area contributed by atoms with Crippen LogP contribution in [0.15, 0.2) is 29.3 Å². The van der Waals surface area contributed by atoms with Gasteiger partial charge in [0, 0.05) is 11.6 Å². The lowest BCUT2D eigenvalue weighted by Crippen LogP contribution is -2.18. The highest BCUT2D eigenvalue weighted by atomic mass is 35.5. The predicted molar refractivity (Wildman–Crippen MR) is 73.6 cm³/mol. The van der Waals surface area contributed by atoms with Crippen molar-refractivity contribution in [2.24, 2.45) is 5.73 Å². The minimum Gasteiger partial charge on any atom is -0.489 e. The van der Waals surface area contributed by atoms with Crippen LogP contribution in [0.3, 0.4) is 0 Å². The third-order valence-corrected chi connectivity index (χ3v) is 2.84. The highest BCUT2D eigenvalue weighted by molar-refractivity contribution is 6.25. The molecule has 1 rings (SSSR count). The van der Waals surface area contributed by atoms with Crippen LogP contribution >= 0.6 is 11.6 Å². The van der Waals surface area contributed by atoms with Crippen LogP contribution < -0.4 is 10.5 Å². The largest absolute Gasteiger partial charge is 0.489 e. The number of nitrogens with two attached hydrogens (primary N) is 1. The Labute approximate surface area is 108 Å². The van der Waals surface area contributed by atoms with Crippen molar-refractivity contribution < 1.29 is 4.74 Å².